The summed E-state index contributed by atoms with van der Waals surface area (Å²) in [4.78, 5) is 9.20. The molecule has 3 nitrogen and oxygen atoms in total. The molecule has 1 heterocycles. The highest BCUT2D eigenvalue weighted by Crippen LogP contribution is 2.39. The van der Waals surface area contributed by atoms with E-state index in [1.165, 1.54) is 16.3 Å². The van der Waals surface area contributed by atoms with Crippen molar-refractivity contribution in [2.45, 2.75) is 6.04 Å². The van der Waals surface area contributed by atoms with Gasteiger partial charge in [-0.2, -0.15) is 0 Å². The van der Waals surface area contributed by atoms with E-state index in [1.807, 2.05) is 44.6 Å². The lowest BCUT2D eigenvalue weighted by atomic mass is 9.96. The van der Waals surface area contributed by atoms with E-state index in [1.54, 1.807) is 0 Å². The van der Waals surface area contributed by atoms with E-state index in [-0.39, 0.29) is 6.04 Å². The Kier molecular flexibility index (Phi) is 5.42. The lowest BCUT2D eigenvalue weighted by Crippen LogP contribution is -2.33. The van der Waals surface area contributed by atoms with Crippen LogP contribution < -0.4 is 9.80 Å². The van der Waals surface area contributed by atoms with E-state index in [0.717, 1.165) is 27.8 Å². The van der Waals surface area contributed by atoms with Crippen LogP contribution in [0.1, 0.15) is 5.56 Å². The highest BCUT2D eigenvalue weighted by molar-refractivity contribution is 6.30. The topological polar surface area (TPSA) is 18.8 Å². The molecule has 5 rings (SSSR count). The van der Waals surface area contributed by atoms with Crippen molar-refractivity contribution in [2.75, 3.05) is 23.9 Å². The quantitative estimate of drug-likeness (QED) is 0.308. The van der Waals surface area contributed by atoms with Crippen LogP contribution in [0.25, 0.3) is 16.8 Å². The zero-order valence-electron chi connectivity index (χ0n) is 18.1. The van der Waals surface area contributed by atoms with E-state index < -0.39 is 0 Å². The van der Waals surface area contributed by atoms with Gasteiger partial charge in [0.15, 0.2) is 0 Å². The van der Waals surface area contributed by atoms with Crippen LogP contribution in [-0.2, 0) is 0 Å². The van der Waals surface area contributed by atoms with Crippen molar-refractivity contribution in [2.24, 2.45) is 4.99 Å². The van der Waals surface area contributed by atoms with E-state index >= 15 is 0 Å². The van der Waals surface area contributed by atoms with Crippen LogP contribution in [0.15, 0.2) is 96.0 Å². The number of anilines is 3. The minimum absolute atomic E-state index is 0.0154. The van der Waals surface area contributed by atoms with Gasteiger partial charge in [0.1, 0.15) is 0 Å². The summed E-state index contributed by atoms with van der Waals surface area (Å²) in [5.74, 6) is 0. The maximum absolute atomic E-state index is 6.18. The van der Waals surface area contributed by atoms with Gasteiger partial charge in [-0.25, -0.2) is 0 Å². The standard InChI is InChI=1S/C28H24ClN3/c1-31(2)23-14-10-22(11-15-23)30-19-25-16-17-27-26-6-4-3-5-20(26)7-18-28(27)32(25)24-12-8-21(29)9-13-24/h3-19,25H,1-2H3. The second kappa shape index (κ2) is 8.52. The summed E-state index contributed by atoms with van der Waals surface area (Å²) in [6, 6.07) is 29.1. The number of aliphatic imine (C=N–C) groups is 1. The maximum Gasteiger partial charge on any atom is 0.0880 e. The number of rotatable bonds is 4. The Bertz CT molecular complexity index is 1310. The van der Waals surface area contributed by atoms with Crippen LogP contribution >= 0.6 is 11.6 Å². The fourth-order valence-electron chi connectivity index (χ4n) is 4.14. The maximum atomic E-state index is 6.18. The van der Waals surface area contributed by atoms with Gasteiger partial charge in [-0.15, -0.1) is 0 Å². The third kappa shape index (κ3) is 3.88. The SMILES string of the molecule is CN(C)c1ccc(N=CC2C=Cc3c(ccc4ccccc34)N2c2ccc(Cl)cc2)cc1. The largest absolute Gasteiger partial charge is 0.378 e. The first kappa shape index (κ1) is 20.3. The van der Waals surface area contributed by atoms with Crippen LogP contribution in [0, 0.1) is 0 Å². The van der Waals surface area contributed by atoms with Crippen LogP contribution in [0.3, 0.4) is 0 Å². The summed E-state index contributed by atoms with van der Waals surface area (Å²) in [5.41, 5.74) is 5.55. The molecule has 32 heavy (non-hydrogen) atoms. The second-order valence-electron chi connectivity index (χ2n) is 8.10. The predicted octanol–water partition coefficient (Wildman–Crippen LogP) is 7.50. The van der Waals surface area contributed by atoms with Crippen LogP contribution in [0.2, 0.25) is 5.02 Å². The number of fused-ring (bicyclic) bond motifs is 3. The molecule has 1 aliphatic rings. The van der Waals surface area contributed by atoms with Gasteiger partial charge in [0.05, 0.1) is 11.7 Å². The smallest absolute Gasteiger partial charge is 0.0880 e. The monoisotopic (exact) mass is 437 g/mol. The van der Waals surface area contributed by atoms with Crippen molar-refractivity contribution < 1.29 is 0 Å². The van der Waals surface area contributed by atoms with Crippen molar-refractivity contribution >= 4 is 57.4 Å². The van der Waals surface area contributed by atoms with Crippen LogP contribution in [-0.4, -0.2) is 26.4 Å². The van der Waals surface area contributed by atoms with Gasteiger partial charge < -0.3 is 9.80 Å². The number of benzene rings is 4. The van der Waals surface area contributed by atoms with Crippen molar-refractivity contribution in [3.05, 3.63) is 102 Å². The predicted molar refractivity (Wildman–Crippen MR) is 139 cm³/mol. The Labute approximate surface area is 193 Å². The summed E-state index contributed by atoms with van der Waals surface area (Å²) < 4.78 is 0. The molecule has 0 radical (unpaired) electrons. The molecular weight excluding hydrogens is 414 g/mol. The molecule has 0 aromatic heterocycles. The fraction of sp³-hybridized carbons (Fsp3) is 0.107. The Morgan fingerprint density at radius 3 is 2.38 bits per heavy atom. The molecule has 0 saturated carbocycles. The van der Waals surface area contributed by atoms with Crippen molar-refractivity contribution in [3.63, 3.8) is 0 Å². The third-order valence-corrected chi connectivity index (χ3v) is 6.06. The zero-order chi connectivity index (χ0) is 22.1. The first-order chi connectivity index (χ1) is 15.6. The first-order valence-electron chi connectivity index (χ1n) is 10.7. The van der Waals surface area contributed by atoms with E-state index in [0.29, 0.717) is 0 Å². The molecule has 1 atom stereocenters. The molecule has 4 aromatic carbocycles. The van der Waals surface area contributed by atoms with Gasteiger partial charge in [-0.3, -0.25) is 4.99 Å². The summed E-state index contributed by atoms with van der Waals surface area (Å²) in [6.45, 7) is 0. The van der Waals surface area contributed by atoms with E-state index in [2.05, 4.69) is 82.6 Å². The second-order valence-corrected chi connectivity index (χ2v) is 8.54. The highest BCUT2D eigenvalue weighted by Gasteiger charge is 2.24. The Balaban J connectivity index is 1.57. The van der Waals surface area contributed by atoms with E-state index in [9.17, 15) is 0 Å². The number of nitrogens with zero attached hydrogens (tertiary/aromatic N) is 3. The van der Waals surface area contributed by atoms with Gasteiger partial charge in [0.25, 0.3) is 0 Å². The lowest BCUT2D eigenvalue weighted by molar-refractivity contribution is 0.990. The molecule has 4 aromatic rings. The molecule has 0 aliphatic carbocycles. The average Bonchev–Trinajstić information content (AvgIpc) is 2.83. The third-order valence-electron chi connectivity index (χ3n) is 5.81. The molecule has 0 N–H and O–H groups in total. The summed E-state index contributed by atoms with van der Waals surface area (Å²) in [6.07, 6.45) is 6.44. The molecule has 0 saturated heterocycles. The lowest BCUT2D eigenvalue weighted by Gasteiger charge is -2.34. The van der Waals surface area contributed by atoms with Gasteiger partial charge in [0, 0.05) is 48.0 Å². The van der Waals surface area contributed by atoms with Crippen molar-refractivity contribution in [1.82, 2.24) is 0 Å². The van der Waals surface area contributed by atoms with Crippen molar-refractivity contribution in [3.8, 4) is 0 Å². The Morgan fingerprint density at radius 1 is 0.875 bits per heavy atom. The van der Waals surface area contributed by atoms with E-state index in [4.69, 9.17) is 16.6 Å². The highest BCUT2D eigenvalue weighted by atomic mass is 35.5. The fourth-order valence-corrected chi connectivity index (χ4v) is 4.27. The van der Waals surface area contributed by atoms with Crippen LogP contribution in [0.5, 0.6) is 0 Å². The molecule has 4 heteroatoms. The minimum atomic E-state index is -0.0154. The van der Waals surface area contributed by atoms with Gasteiger partial charge in [-0.1, -0.05) is 54.1 Å². The first-order valence-corrected chi connectivity index (χ1v) is 11.0. The molecule has 1 aliphatic heterocycles. The number of hydrogen-bond acceptors (Lipinski definition) is 3. The number of hydrogen-bond donors (Lipinski definition) is 0. The number of halogens is 1. The summed E-state index contributed by atoms with van der Waals surface area (Å²) >= 11 is 6.18. The van der Waals surface area contributed by atoms with Gasteiger partial charge in [0.2, 0.25) is 0 Å². The zero-order valence-corrected chi connectivity index (χ0v) is 18.9. The molecule has 0 bridgehead atoms. The molecule has 158 valence electrons. The molecule has 1 unspecified atom stereocenters. The van der Waals surface area contributed by atoms with Crippen molar-refractivity contribution in [1.29, 1.82) is 0 Å². The average molecular weight is 438 g/mol. The molecule has 0 spiro atoms. The Hall–Kier alpha value is -3.56. The Morgan fingerprint density at radius 2 is 1.62 bits per heavy atom. The molecule has 0 fully saturated rings. The minimum Gasteiger partial charge on any atom is -0.378 e. The normalized spacial score (nSPS) is 15.3. The summed E-state index contributed by atoms with van der Waals surface area (Å²) in [5, 5.41) is 3.21. The van der Waals surface area contributed by atoms with Crippen LogP contribution in [0.4, 0.5) is 22.7 Å². The van der Waals surface area contributed by atoms with Gasteiger partial charge >= 0.3 is 0 Å². The molecule has 0 amide bonds. The summed E-state index contributed by atoms with van der Waals surface area (Å²) in [7, 11) is 4.08. The molecular formula is C28H24ClN3. The van der Waals surface area contributed by atoms with Gasteiger partial charge in [-0.05, 0) is 65.4 Å².